The van der Waals surface area contributed by atoms with Gasteiger partial charge in [0.1, 0.15) is 11.5 Å². The number of pyridine rings is 1. The van der Waals surface area contributed by atoms with E-state index in [1.54, 1.807) is 6.20 Å². The Morgan fingerprint density at radius 2 is 2.20 bits per heavy atom. The van der Waals surface area contributed by atoms with Crippen molar-refractivity contribution in [3.8, 4) is 11.5 Å². The van der Waals surface area contributed by atoms with Crippen LogP contribution in [0.5, 0.6) is 0 Å². The SMILES string of the molecule is CCc1cccnc1-c1noc(CC(=O)CC(C)C)n1. The van der Waals surface area contributed by atoms with Crippen LogP contribution in [0.25, 0.3) is 11.5 Å². The Morgan fingerprint density at radius 3 is 2.90 bits per heavy atom. The van der Waals surface area contributed by atoms with E-state index in [9.17, 15) is 4.79 Å². The topological polar surface area (TPSA) is 68.9 Å². The molecule has 2 aromatic rings. The first-order valence-electron chi connectivity index (χ1n) is 6.88. The fraction of sp³-hybridized carbons (Fsp3) is 0.467. The molecule has 0 aliphatic heterocycles. The largest absolute Gasteiger partial charge is 0.338 e. The third kappa shape index (κ3) is 3.50. The van der Waals surface area contributed by atoms with Gasteiger partial charge in [-0.2, -0.15) is 4.98 Å². The number of aromatic nitrogens is 3. The molecule has 106 valence electrons. The summed E-state index contributed by atoms with van der Waals surface area (Å²) in [4.78, 5) is 20.3. The maximum atomic E-state index is 11.7. The van der Waals surface area contributed by atoms with Crippen LogP contribution in [0.15, 0.2) is 22.9 Å². The first kappa shape index (κ1) is 14.4. The fourth-order valence-corrected chi connectivity index (χ4v) is 2.04. The fourth-order valence-electron chi connectivity index (χ4n) is 2.04. The third-order valence-corrected chi connectivity index (χ3v) is 2.94. The van der Waals surface area contributed by atoms with Crippen molar-refractivity contribution in [1.29, 1.82) is 0 Å². The molecule has 2 heterocycles. The minimum Gasteiger partial charge on any atom is -0.338 e. The van der Waals surface area contributed by atoms with E-state index in [0.717, 1.165) is 17.7 Å². The van der Waals surface area contributed by atoms with E-state index in [4.69, 9.17) is 4.52 Å². The minimum absolute atomic E-state index is 0.118. The molecular formula is C15H19N3O2. The Kier molecular flexibility index (Phi) is 4.61. The van der Waals surface area contributed by atoms with Crippen molar-refractivity contribution in [3.63, 3.8) is 0 Å². The van der Waals surface area contributed by atoms with Crippen LogP contribution in [0, 0.1) is 5.92 Å². The van der Waals surface area contributed by atoms with Gasteiger partial charge in [-0.25, -0.2) is 0 Å². The van der Waals surface area contributed by atoms with Gasteiger partial charge >= 0.3 is 0 Å². The summed E-state index contributed by atoms with van der Waals surface area (Å²) in [5, 5.41) is 3.93. The molecule has 0 unspecified atom stereocenters. The summed E-state index contributed by atoms with van der Waals surface area (Å²) in [5.74, 6) is 1.27. The monoisotopic (exact) mass is 273 g/mol. The highest BCUT2D eigenvalue weighted by atomic mass is 16.5. The summed E-state index contributed by atoms with van der Waals surface area (Å²) in [6.45, 7) is 6.07. The lowest BCUT2D eigenvalue weighted by molar-refractivity contribution is -0.119. The van der Waals surface area contributed by atoms with Crippen molar-refractivity contribution in [3.05, 3.63) is 29.8 Å². The highest BCUT2D eigenvalue weighted by molar-refractivity contribution is 5.80. The molecule has 5 nitrogen and oxygen atoms in total. The van der Waals surface area contributed by atoms with Gasteiger partial charge in [0.25, 0.3) is 0 Å². The first-order chi connectivity index (χ1) is 9.60. The second-order valence-electron chi connectivity index (χ2n) is 5.19. The predicted octanol–water partition coefficient (Wildman–Crippen LogP) is 2.85. The van der Waals surface area contributed by atoms with Gasteiger partial charge in [-0.3, -0.25) is 9.78 Å². The number of aryl methyl sites for hydroxylation is 1. The van der Waals surface area contributed by atoms with Crippen LogP contribution in [0.3, 0.4) is 0 Å². The van der Waals surface area contributed by atoms with Crippen LogP contribution in [0.1, 0.15) is 38.6 Å². The molecule has 20 heavy (non-hydrogen) atoms. The van der Waals surface area contributed by atoms with E-state index < -0.39 is 0 Å². The molecule has 0 atom stereocenters. The Labute approximate surface area is 118 Å². The summed E-state index contributed by atoms with van der Waals surface area (Å²) in [6.07, 6.45) is 3.27. The molecule has 0 saturated heterocycles. The summed E-state index contributed by atoms with van der Waals surface area (Å²) < 4.78 is 5.15. The summed E-state index contributed by atoms with van der Waals surface area (Å²) in [7, 11) is 0. The van der Waals surface area contributed by atoms with Crippen LogP contribution in [-0.2, 0) is 17.6 Å². The average Bonchev–Trinajstić information content (AvgIpc) is 2.85. The van der Waals surface area contributed by atoms with Crippen LogP contribution in [0.4, 0.5) is 0 Å². The zero-order valence-corrected chi connectivity index (χ0v) is 12.1. The Balaban J connectivity index is 2.15. The number of nitrogens with zero attached hydrogens (tertiary/aromatic N) is 3. The normalized spacial score (nSPS) is 11.0. The standard InChI is InChI=1S/C15H19N3O2/c1-4-11-6-5-7-16-14(11)15-17-13(20-18-15)9-12(19)8-10(2)3/h5-7,10H,4,8-9H2,1-3H3. The highest BCUT2D eigenvalue weighted by Crippen LogP contribution is 2.18. The zero-order chi connectivity index (χ0) is 14.5. The minimum atomic E-state index is 0.118. The molecule has 0 spiro atoms. The highest BCUT2D eigenvalue weighted by Gasteiger charge is 2.15. The molecule has 0 aliphatic carbocycles. The number of rotatable bonds is 6. The second kappa shape index (κ2) is 6.41. The molecular weight excluding hydrogens is 254 g/mol. The number of Topliss-reactive ketones (excluding diaryl/α,β-unsaturated/α-hetero) is 1. The van der Waals surface area contributed by atoms with Gasteiger partial charge in [0.2, 0.25) is 11.7 Å². The van der Waals surface area contributed by atoms with Crippen molar-refractivity contribution in [2.75, 3.05) is 0 Å². The van der Waals surface area contributed by atoms with Crippen molar-refractivity contribution in [2.45, 2.75) is 40.0 Å². The quantitative estimate of drug-likeness (QED) is 0.809. The Hall–Kier alpha value is -2.04. The summed E-state index contributed by atoms with van der Waals surface area (Å²) in [5.41, 5.74) is 1.79. The molecule has 5 heteroatoms. The number of ketones is 1. The smallest absolute Gasteiger partial charge is 0.234 e. The van der Waals surface area contributed by atoms with Gasteiger partial charge in [0, 0.05) is 12.6 Å². The van der Waals surface area contributed by atoms with Gasteiger partial charge in [0.05, 0.1) is 6.42 Å². The molecule has 0 N–H and O–H groups in total. The van der Waals surface area contributed by atoms with Crippen molar-refractivity contribution in [2.24, 2.45) is 5.92 Å². The lowest BCUT2D eigenvalue weighted by atomic mass is 10.1. The van der Waals surface area contributed by atoms with E-state index in [0.29, 0.717) is 24.1 Å². The van der Waals surface area contributed by atoms with Crippen LogP contribution in [-0.4, -0.2) is 20.9 Å². The predicted molar refractivity (Wildman–Crippen MR) is 75.1 cm³/mol. The molecule has 0 amide bonds. The summed E-state index contributed by atoms with van der Waals surface area (Å²) in [6, 6.07) is 3.87. The second-order valence-corrected chi connectivity index (χ2v) is 5.19. The molecule has 0 radical (unpaired) electrons. The van der Waals surface area contributed by atoms with E-state index >= 15 is 0 Å². The molecule has 0 bridgehead atoms. The number of carbonyl (C=O) groups is 1. The van der Waals surface area contributed by atoms with Crippen molar-refractivity contribution < 1.29 is 9.32 Å². The number of carbonyl (C=O) groups excluding carboxylic acids is 1. The number of hydrogen-bond donors (Lipinski definition) is 0. The van der Waals surface area contributed by atoms with Crippen molar-refractivity contribution in [1.82, 2.24) is 15.1 Å². The van der Waals surface area contributed by atoms with Crippen LogP contribution in [0.2, 0.25) is 0 Å². The Morgan fingerprint density at radius 1 is 1.40 bits per heavy atom. The zero-order valence-electron chi connectivity index (χ0n) is 12.1. The lowest BCUT2D eigenvalue weighted by Gasteiger charge is -2.01. The van der Waals surface area contributed by atoms with Gasteiger partial charge in [-0.1, -0.05) is 32.0 Å². The van der Waals surface area contributed by atoms with Gasteiger partial charge < -0.3 is 4.52 Å². The van der Waals surface area contributed by atoms with Gasteiger partial charge in [0.15, 0.2) is 0 Å². The molecule has 0 aromatic carbocycles. The molecule has 0 fully saturated rings. The average molecular weight is 273 g/mol. The number of hydrogen-bond acceptors (Lipinski definition) is 5. The molecule has 0 saturated carbocycles. The lowest BCUT2D eigenvalue weighted by Crippen LogP contribution is -2.06. The van der Waals surface area contributed by atoms with Crippen LogP contribution >= 0.6 is 0 Å². The van der Waals surface area contributed by atoms with E-state index in [2.05, 4.69) is 15.1 Å². The van der Waals surface area contributed by atoms with E-state index in [1.165, 1.54) is 0 Å². The first-order valence-corrected chi connectivity index (χ1v) is 6.88. The van der Waals surface area contributed by atoms with Gasteiger partial charge in [-0.05, 0) is 24.0 Å². The Bertz CT molecular complexity index is 590. The van der Waals surface area contributed by atoms with Crippen molar-refractivity contribution >= 4 is 5.78 Å². The molecule has 0 aliphatic rings. The third-order valence-electron chi connectivity index (χ3n) is 2.94. The van der Waals surface area contributed by atoms with E-state index in [-0.39, 0.29) is 12.2 Å². The molecule has 2 rings (SSSR count). The van der Waals surface area contributed by atoms with Crippen LogP contribution < -0.4 is 0 Å². The maximum absolute atomic E-state index is 11.7. The maximum Gasteiger partial charge on any atom is 0.234 e. The molecule has 2 aromatic heterocycles. The summed E-state index contributed by atoms with van der Waals surface area (Å²) >= 11 is 0. The van der Waals surface area contributed by atoms with E-state index in [1.807, 2.05) is 32.9 Å². The van der Waals surface area contributed by atoms with Gasteiger partial charge in [-0.15, -0.1) is 0 Å².